The molecule has 122 valence electrons. The summed E-state index contributed by atoms with van der Waals surface area (Å²) in [4.78, 5) is 24.3. The fourth-order valence-corrected chi connectivity index (χ4v) is 2.67. The molecule has 3 rings (SSSR count). The highest BCUT2D eigenvalue weighted by molar-refractivity contribution is 6.30. The van der Waals surface area contributed by atoms with Crippen LogP contribution in [0.25, 0.3) is 10.9 Å². The molecular formula is C18H16ClN3O2. The Labute approximate surface area is 144 Å². The number of hydrogen-bond donors (Lipinski definition) is 2. The molecule has 2 aromatic carbocycles. The predicted octanol–water partition coefficient (Wildman–Crippen LogP) is 2.84. The number of aryl methyl sites for hydroxylation is 1. The predicted molar refractivity (Wildman–Crippen MR) is 93.7 cm³/mol. The number of halogens is 1. The molecule has 2 N–H and O–H groups in total. The van der Waals surface area contributed by atoms with Crippen LogP contribution in [0.1, 0.15) is 15.9 Å². The Kier molecular flexibility index (Phi) is 4.53. The number of hydrazine groups is 1. The van der Waals surface area contributed by atoms with Gasteiger partial charge in [0.1, 0.15) is 0 Å². The average molecular weight is 342 g/mol. The smallest absolute Gasteiger partial charge is 0.271 e. The van der Waals surface area contributed by atoms with Gasteiger partial charge in [0, 0.05) is 29.2 Å². The van der Waals surface area contributed by atoms with E-state index in [9.17, 15) is 9.59 Å². The summed E-state index contributed by atoms with van der Waals surface area (Å²) >= 11 is 5.81. The molecule has 0 fully saturated rings. The van der Waals surface area contributed by atoms with Gasteiger partial charge in [0.25, 0.3) is 5.91 Å². The molecule has 0 atom stereocenters. The zero-order chi connectivity index (χ0) is 17.1. The summed E-state index contributed by atoms with van der Waals surface area (Å²) in [5, 5.41) is 1.45. The summed E-state index contributed by atoms with van der Waals surface area (Å²) in [6, 6.07) is 14.6. The van der Waals surface area contributed by atoms with Gasteiger partial charge < -0.3 is 4.57 Å². The van der Waals surface area contributed by atoms with Gasteiger partial charge >= 0.3 is 0 Å². The van der Waals surface area contributed by atoms with Gasteiger partial charge in [0.05, 0.1) is 12.0 Å². The van der Waals surface area contributed by atoms with Gasteiger partial charge in [-0.1, -0.05) is 41.9 Å². The number of carbonyl (C=O) groups excluding carboxylic acids is 2. The van der Waals surface area contributed by atoms with Gasteiger partial charge in [-0.05, 0) is 23.8 Å². The Morgan fingerprint density at radius 2 is 1.75 bits per heavy atom. The van der Waals surface area contributed by atoms with E-state index in [1.165, 1.54) is 0 Å². The number of carbonyl (C=O) groups is 2. The zero-order valence-electron chi connectivity index (χ0n) is 13.0. The number of para-hydroxylation sites is 1. The normalized spacial score (nSPS) is 10.6. The van der Waals surface area contributed by atoms with Crippen LogP contribution in [0.4, 0.5) is 0 Å². The number of amides is 2. The number of rotatable bonds is 3. The van der Waals surface area contributed by atoms with Crippen molar-refractivity contribution in [2.75, 3.05) is 0 Å². The van der Waals surface area contributed by atoms with E-state index >= 15 is 0 Å². The van der Waals surface area contributed by atoms with Crippen LogP contribution < -0.4 is 10.9 Å². The fraction of sp³-hybridized carbons (Fsp3) is 0.111. The van der Waals surface area contributed by atoms with Gasteiger partial charge in [-0.15, -0.1) is 0 Å². The maximum Gasteiger partial charge on any atom is 0.271 e. The number of fused-ring (bicyclic) bond motifs is 1. The van der Waals surface area contributed by atoms with Crippen LogP contribution >= 0.6 is 11.6 Å². The van der Waals surface area contributed by atoms with Gasteiger partial charge in [0.2, 0.25) is 5.91 Å². The second-order valence-electron chi connectivity index (χ2n) is 5.48. The molecule has 1 heterocycles. The van der Waals surface area contributed by atoms with E-state index in [2.05, 4.69) is 10.9 Å². The minimum absolute atomic E-state index is 0.160. The molecule has 0 saturated heterocycles. The number of benzene rings is 2. The number of aromatic nitrogens is 1. The zero-order valence-corrected chi connectivity index (χ0v) is 13.8. The second kappa shape index (κ2) is 6.76. The molecule has 3 aromatic rings. The average Bonchev–Trinajstić information content (AvgIpc) is 2.92. The molecule has 5 nitrogen and oxygen atoms in total. The van der Waals surface area contributed by atoms with Crippen molar-refractivity contribution in [2.24, 2.45) is 7.05 Å². The molecule has 2 amide bonds. The minimum atomic E-state index is -0.351. The third-order valence-corrected chi connectivity index (χ3v) is 3.99. The summed E-state index contributed by atoms with van der Waals surface area (Å²) in [7, 11) is 1.87. The summed E-state index contributed by atoms with van der Waals surface area (Å²) < 4.78 is 1.87. The number of nitrogens with one attached hydrogen (secondary N) is 2. The summed E-state index contributed by atoms with van der Waals surface area (Å²) in [5.41, 5.74) is 7.18. The van der Waals surface area contributed by atoms with Crippen LogP contribution in [-0.2, 0) is 18.3 Å². The first-order chi connectivity index (χ1) is 11.5. The molecular weight excluding hydrogens is 326 g/mol. The van der Waals surface area contributed by atoms with Crippen LogP contribution in [0, 0.1) is 0 Å². The van der Waals surface area contributed by atoms with Crippen LogP contribution in [0.15, 0.2) is 54.7 Å². The molecule has 0 radical (unpaired) electrons. The Morgan fingerprint density at radius 1 is 1.04 bits per heavy atom. The topological polar surface area (TPSA) is 63.1 Å². The molecule has 0 spiro atoms. The first-order valence-electron chi connectivity index (χ1n) is 7.42. The summed E-state index contributed by atoms with van der Waals surface area (Å²) in [6.07, 6.45) is 1.90. The maximum atomic E-state index is 12.3. The van der Waals surface area contributed by atoms with Crippen molar-refractivity contribution < 1.29 is 9.59 Å². The highest BCUT2D eigenvalue weighted by Crippen LogP contribution is 2.19. The van der Waals surface area contributed by atoms with E-state index < -0.39 is 0 Å². The van der Waals surface area contributed by atoms with E-state index in [0.29, 0.717) is 10.6 Å². The maximum absolute atomic E-state index is 12.3. The second-order valence-corrected chi connectivity index (χ2v) is 5.91. The van der Waals surface area contributed by atoms with E-state index in [1.54, 1.807) is 30.5 Å². The lowest BCUT2D eigenvalue weighted by atomic mass is 10.1. The molecule has 0 unspecified atom stereocenters. The highest BCUT2D eigenvalue weighted by Gasteiger charge is 2.14. The third kappa shape index (κ3) is 3.41. The molecule has 1 aromatic heterocycles. The fourth-order valence-electron chi connectivity index (χ4n) is 2.55. The lowest BCUT2D eigenvalue weighted by molar-refractivity contribution is -0.121. The monoisotopic (exact) mass is 341 g/mol. The van der Waals surface area contributed by atoms with Crippen LogP contribution in [0.3, 0.4) is 0 Å². The molecule has 0 aliphatic carbocycles. The van der Waals surface area contributed by atoms with E-state index in [0.717, 1.165) is 16.5 Å². The SMILES string of the molecule is Cn1cc(C(=O)NNC(=O)Cc2ccc(Cl)cc2)c2ccccc21. The van der Waals surface area contributed by atoms with Crippen molar-refractivity contribution in [3.8, 4) is 0 Å². The van der Waals surface area contributed by atoms with Crippen molar-refractivity contribution in [1.82, 2.24) is 15.4 Å². The standard InChI is InChI=1S/C18H16ClN3O2/c1-22-11-15(14-4-2-3-5-16(14)22)18(24)21-20-17(23)10-12-6-8-13(19)9-7-12/h2-9,11H,10H2,1H3,(H,20,23)(H,21,24). The largest absolute Gasteiger partial charge is 0.350 e. The van der Waals surface area contributed by atoms with Gasteiger partial charge in [0.15, 0.2) is 0 Å². The van der Waals surface area contributed by atoms with Gasteiger partial charge in [-0.2, -0.15) is 0 Å². The third-order valence-electron chi connectivity index (χ3n) is 3.73. The quantitative estimate of drug-likeness (QED) is 0.719. The Morgan fingerprint density at radius 3 is 2.50 bits per heavy atom. The minimum Gasteiger partial charge on any atom is -0.350 e. The lowest BCUT2D eigenvalue weighted by Crippen LogP contribution is -2.42. The van der Waals surface area contributed by atoms with E-state index in [-0.39, 0.29) is 18.2 Å². The van der Waals surface area contributed by atoms with Crippen molar-refractivity contribution in [2.45, 2.75) is 6.42 Å². The lowest BCUT2D eigenvalue weighted by Gasteiger charge is -2.07. The Balaban J connectivity index is 1.64. The number of nitrogens with zero attached hydrogens (tertiary/aromatic N) is 1. The Bertz CT molecular complexity index is 900. The molecule has 0 aliphatic rings. The van der Waals surface area contributed by atoms with Crippen LogP contribution in [0.5, 0.6) is 0 Å². The van der Waals surface area contributed by atoms with Crippen molar-refractivity contribution in [3.05, 3.63) is 70.9 Å². The van der Waals surface area contributed by atoms with Crippen molar-refractivity contribution in [1.29, 1.82) is 0 Å². The molecule has 6 heteroatoms. The first kappa shape index (κ1) is 16.1. The van der Waals surface area contributed by atoms with Crippen LogP contribution in [-0.4, -0.2) is 16.4 Å². The molecule has 0 aliphatic heterocycles. The molecule has 0 saturated carbocycles. The van der Waals surface area contributed by atoms with E-state index in [4.69, 9.17) is 11.6 Å². The van der Waals surface area contributed by atoms with Crippen molar-refractivity contribution in [3.63, 3.8) is 0 Å². The van der Waals surface area contributed by atoms with Gasteiger partial charge in [-0.25, -0.2) is 0 Å². The van der Waals surface area contributed by atoms with Crippen LogP contribution in [0.2, 0.25) is 5.02 Å². The van der Waals surface area contributed by atoms with E-state index in [1.807, 2.05) is 35.9 Å². The Hall–Kier alpha value is -2.79. The highest BCUT2D eigenvalue weighted by atomic mass is 35.5. The number of hydrogen-bond acceptors (Lipinski definition) is 2. The van der Waals surface area contributed by atoms with Gasteiger partial charge in [-0.3, -0.25) is 20.4 Å². The molecule has 24 heavy (non-hydrogen) atoms. The summed E-state index contributed by atoms with van der Waals surface area (Å²) in [6.45, 7) is 0. The first-order valence-corrected chi connectivity index (χ1v) is 7.80. The molecule has 0 bridgehead atoms. The van der Waals surface area contributed by atoms with Crippen molar-refractivity contribution >= 4 is 34.3 Å². The summed E-state index contributed by atoms with van der Waals surface area (Å²) in [5.74, 6) is -0.651.